The maximum Gasteiger partial charge on any atom is 0.119 e. The molecule has 16 heavy (non-hydrogen) atoms. The zero-order valence-electron chi connectivity index (χ0n) is 9.11. The predicted molar refractivity (Wildman–Crippen MR) is 68.1 cm³/mol. The van der Waals surface area contributed by atoms with Crippen molar-refractivity contribution in [2.45, 2.75) is 6.92 Å². The van der Waals surface area contributed by atoms with E-state index in [9.17, 15) is 0 Å². The van der Waals surface area contributed by atoms with Crippen molar-refractivity contribution >= 4 is 11.6 Å². The molecule has 2 aromatic rings. The lowest BCUT2D eigenvalue weighted by atomic mass is 10.1. The van der Waals surface area contributed by atoms with Gasteiger partial charge in [-0.3, -0.25) is 0 Å². The van der Waals surface area contributed by atoms with Crippen molar-refractivity contribution in [1.29, 1.82) is 0 Å². The molecule has 0 aromatic heterocycles. The van der Waals surface area contributed by atoms with Crippen LogP contribution in [-0.2, 0) is 0 Å². The normalized spacial score (nSPS) is 10.1. The Morgan fingerprint density at radius 3 is 2.62 bits per heavy atom. The number of ether oxygens (including phenoxy) is 1. The lowest BCUT2D eigenvalue weighted by molar-refractivity contribution is 0.340. The molecule has 0 bridgehead atoms. The van der Waals surface area contributed by atoms with Gasteiger partial charge in [-0.25, -0.2) is 0 Å². The van der Waals surface area contributed by atoms with Gasteiger partial charge in [0.1, 0.15) is 5.75 Å². The number of benzene rings is 2. The van der Waals surface area contributed by atoms with Crippen LogP contribution >= 0.6 is 11.6 Å². The van der Waals surface area contributed by atoms with E-state index in [1.807, 2.05) is 55.5 Å². The van der Waals surface area contributed by atoms with Crippen LogP contribution in [0.5, 0.6) is 5.75 Å². The van der Waals surface area contributed by atoms with Crippen LogP contribution in [0.15, 0.2) is 48.5 Å². The summed E-state index contributed by atoms with van der Waals surface area (Å²) in [4.78, 5) is 0. The first-order chi connectivity index (χ1) is 7.81. The molecule has 0 N–H and O–H groups in total. The third kappa shape index (κ3) is 2.37. The molecule has 2 rings (SSSR count). The largest absolute Gasteiger partial charge is 0.494 e. The quantitative estimate of drug-likeness (QED) is 0.762. The first-order valence-electron chi connectivity index (χ1n) is 5.29. The van der Waals surface area contributed by atoms with Crippen LogP contribution in [0.25, 0.3) is 11.1 Å². The second kappa shape index (κ2) is 5.04. The molecule has 0 amide bonds. The Bertz CT molecular complexity index is 480. The fourth-order valence-electron chi connectivity index (χ4n) is 1.62. The van der Waals surface area contributed by atoms with Gasteiger partial charge in [0.05, 0.1) is 6.61 Å². The molecule has 0 aliphatic carbocycles. The summed E-state index contributed by atoms with van der Waals surface area (Å²) >= 11 is 6.15. The molecule has 0 saturated heterocycles. The van der Waals surface area contributed by atoms with E-state index < -0.39 is 0 Å². The zero-order valence-corrected chi connectivity index (χ0v) is 9.87. The van der Waals surface area contributed by atoms with Gasteiger partial charge in [-0.15, -0.1) is 0 Å². The van der Waals surface area contributed by atoms with Gasteiger partial charge in [-0.1, -0.05) is 41.9 Å². The summed E-state index contributed by atoms with van der Waals surface area (Å²) in [6.45, 7) is 2.65. The molecule has 0 saturated carbocycles. The summed E-state index contributed by atoms with van der Waals surface area (Å²) < 4.78 is 5.46. The molecule has 0 heterocycles. The fraction of sp³-hybridized carbons (Fsp3) is 0.143. The summed E-state index contributed by atoms with van der Waals surface area (Å²) in [5.41, 5.74) is 2.11. The second-order valence-corrected chi connectivity index (χ2v) is 3.85. The molecule has 0 spiro atoms. The van der Waals surface area contributed by atoms with Gasteiger partial charge in [0.2, 0.25) is 0 Å². The third-order valence-electron chi connectivity index (χ3n) is 2.33. The van der Waals surface area contributed by atoms with Gasteiger partial charge in [-0.2, -0.15) is 0 Å². The van der Waals surface area contributed by atoms with Gasteiger partial charge in [0.15, 0.2) is 0 Å². The first kappa shape index (κ1) is 11.0. The molecular weight excluding hydrogens is 220 g/mol. The highest BCUT2D eigenvalue weighted by Crippen LogP contribution is 2.29. The number of rotatable bonds is 3. The minimum atomic E-state index is 0.673. The summed E-state index contributed by atoms with van der Waals surface area (Å²) in [5, 5.41) is 0.760. The summed E-state index contributed by atoms with van der Waals surface area (Å²) in [6.07, 6.45) is 0. The first-order valence-corrected chi connectivity index (χ1v) is 5.67. The third-order valence-corrected chi connectivity index (χ3v) is 2.66. The van der Waals surface area contributed by atoms with Gasteiger partial charge in [-0.05, 0) is 30.7 Å². The van der Waals surface area contributed by atoms with Crippen LogP contribution in [0.4, 0.5) is 0 Å². The van der Waals surface area contributed by atoms with Crippen LogP contribution in [0, 0.1) is 0 Å². The van der Waals surface area contributed by atoms with Crippen molar-refractivity contribution < 1.29 is 4.74 Å². The minimum absolute atomic E-state index is 0.673. The molecule has 1 nitrogen and oxygen atoms in total. The highest BCUT2D eigenvalue weighted by Gasteiger charge is 2.03. The molecular formula is C14H13ClO. The van der Waals surface area contributed by atoms with Crippen LogP contribution in [0.2, 0.25) is 5.02 Å². The van der Waals surface area contributed by atoms with Crippen LogP contribution in [-0.4, -0.2) is 6.61 Å². The van der Waals surface area contributed by atoms with E-state index in [0.29, 0.717) is 6.61 Å². The molecule has 82 valence electrons. The van der Waals surface area contributed by atoms with Crippen molar-refractivity contribution in [2.24, 2.45) is 0 Å². The maximum absolute atomic E-state index is 6.15. The lowest BCUT2D eigenvalue weighted by Gasteiger charge is -2.07. The van der Waals surface area contributed by atoms with E-state index in [1.165, 1.54) is 0 Å². The highest BCUT2D eigenvalue weighted by atomic mass is 35.5. The van der Waals surface area contributed by atoms with E-state index in [4.69, 9.17) is 16.3 Å². The molecule has 0 unspecified atom stereocenters. The molecule has 0 fully saturated rings. The monoisotopic (exact) mass is 232 g/mol. The SMILES string of the molecule is CCOc1cccc(-c2ccccc2Cl)c1. The van der Waals surface area contributed by atoms with Crippen LogP contribution in [0.3, 0.4) is 0 Å². The summed E-state index contributed by atoms with van der Waals surface area (Å²) in [6, 6.07) is 15.8. The fourth-order valence-corrected chi connectivity index (χ4v) is 1.86. The van der Waals surface area contributed by atoms with E-state index in [0.717, 1.165) is 21.9 Å². The molecule has 0 aliphatic heterocycles. The average Bonchev–Trinajstić information content (AvgIpc) is 2.30. The zero-order chi connectivity index (χ0) is 11.4. The van der Waals surface area contributed by atoms with Crippen molar-refractivity contribution in [3.8, 4) is 16.9 Å². The molecule has 0 radical (unpaired) electrons. The maximum atomic E-state index is 6.15. The van der Waals surface area contributed by atoms with Gasteiger partial charge in [0.25, 0.3) is 0 Å². The van der Waals surface area contributed by atoms with E-state index in [1.54, 1.807) is 0 Å². The van der Waals surface area contributed by atoms with E-state index in [-0.39, 0.29) is 0 Å². The van der Waals surface area contributed by atoms with E-state index >= 15 is 0 Å². The smallest absolute Gasteiger partial charge is 0.119 e. The van der Waals surface area contributed by atoms with Crippen molar-refractivity contribution in [3.63, 3.8) is 0 Å². The standard InChI is InChI=1S/C14H13ClO/c1-2-16-12-7-5-6-11(10-12)13-8-3-4-9-14(13)15/h3-10H,2H2,1H3. The Labute approximate surface area is 101 Å². The van der Waals surface area contributed by atoms with Gasteiger partial charge in [0, 0.05) is 10.6 Å². The van der Waals surface area contributed by atoms with Crippen molar-refractivity contribution in [3.05, 3.63) is 53.6 Å². The molecule has 2 heteroatoms. The Kier molecular flexibility index (Phi) is 3.47. The number of halogens is 1. The molecule has 2 aromatic carbocycles. The molecule has 0 atom stereocenters. The Morgan fingerprint density at radius 2 is 1.88 bits per heavy atom. The van der Waals surface area contributed by atoms with Crippen LogP contribution in [0.1, 0.15) is 6.92 Å². The Balaban J connectivity index is 2.40. The van der Waals surface area contributed by atoms with Gasteiger partial charge < -0.3 is 4.74 Å². The molecule has 0 aliphatic rings. The highest BCUT2D eigenvalue weighted by molar-refractivity contribution is 6.33. The Hall–Kier alpha value is -1.47. The predicted octanol–water partition coefficient (Wildman–Crippen LogP) is 4.41. The second-order valence-electron chi connectivity index (χ2n) is 3.44. The number of hydrogen-bond acceptors (Lipinski definition) is 1. The summed E-state index contributed by atoms with van der Waals surface area (Å²) in [5.74, 6) is 0.875. The van der Waals surface area contributed by atoms with Crippen molar-refractivity contribution in [2.75, 3.05) is 6.61 Å². The topological polar surface area (TPSA) is 9.23 Å². The van der Waals surface area contributed by atoms with E-state index in [2.05, 4.69) is 0 Å². The lowest BCUT2D eigenvalue weighted by Crippen LogP contribution is -1.91. The van der Waals surface area contributed by atoms with Crippen LogP contribution < -0.4 is 4.74 Å². The number of hydrogen-bond donors (Lipinski definition) is 0. The summed E-state index contributed by atoms with van der Waals surface area (Å²) in [7, 11) is 0. The Morgan fingerprint density at radius 1 is 1.06 bits per heavy atom. The van der Waals surface area contributed by atoms with Crippen molar-refractivity contribution in [1.82, 2.24) is 0 Å². The minimum Gasteiger partial charge on any atom is -0.494 e. The van der Waals surface area contributed by atoms with Gasteiger partial charge >= 0.3 is 0 Å². The average molecular weight is 233 g/mol.